The first-order valence-corrected chi connectivity index (χ1v) is 7.84. The van der Waals surface area contributed by atoms with E-state index in [2.05, 4.69) is 31.9 Å². The van der Waals surface area contributed by atoms with Crippen molar-refractivity contribution in [3.8, 4) is 5.75 Å². The number of carbonyl (C=O) groups excluding carboxylic acids is 1. The maximum atomic E-state index is 12.5. The van der Waals surface area contributed by atoms with E-state index in [9.17, 15) is 4.79 Å². The van der Waals surface area contributed by atoms with Crippen molar-refractivity contribution in [1.82, 2.24) is 0 Å². The van der Waals surface area contributed by atoms with Crippen LogP contribution in [0.25, 0.3) is 0 Å². The molecule has 0 atom stereocenters. The summed E-state index contributed by atoms with van der Waals surface area (Å²) in [7, 11) is 0. The zero-order chi connectivity index (χ0) is 14.7. The summed E-state index contributed by atoms with van der Waals surface area (Å²) < 4.78 is 7.16. The van der Waals surface area contributed by atoms with Crippen molar-refractivity contribution in [2.24, 2.45) is 0 Å². The molecule has 2 nitrogen and oxygen atoms in total. The maximum Gasteiger partial charge on any atom is 0.194 e. The highest BCUT2D eigenvalue weighted by Gasteiger charge is 2.14. The Bertz CT molecular complexity index is 651. The third-order valence-electron chi connectivity index (χ3n) is 2.92. The molecule has 2 aromatic rings. The molecular weight excluding hydrogens is 384 g/mol. The van der Waals surface area contributed by atoms with E-state index in [0.717, 1.165) is 20.3 Å². The zero-order valence-corrected chi connectivity index (χ0v) is 14.4. The highest BCUT2D eigenvalue weighted by molar-refractivity contribution is 9.10. The summed E-state index contributed by atoms with van der Waals surface area (Å²) in [4.78, 5) is 12.5. The van der Waals surface area contributed by atoms with Crippen LogP contribution in [0.15, 0.2) is 45.3 Å². The molecule has 0 N–H and O–H groups in total. The van der Waals surface area contributed by atoms with E-state index in [1.165, 1.54) is 0 Å². The Labute approximate surface area is 135 Å². The molecule has 0 heterocycles. The van der Waals surface area contributed by atoms with E-state index in [4.69, 9.17) is 4.74 Å². The maximum absolute atomic E-state index is 12.5. The summed E-state index contributed by atoms with van der Waals surface area (Å²) in [5, 5.41) is 0. The first-order chi connectivity index (χ1) is 9.52. The van der Waals surface area contributed by atoms with Crippen molar-refractivity contribution in [3.63, 3.8) is 0 Å². The molecule has 0 saturated carbocycles. The Morgan fingerprint density at radius 3 is 2.45 bits per heavy atom. The van der Waals surface area contributed by atoms with Crippen LogP contribution >= 0.6 is 31.9 Å². The molecule has 0 aliphatic heterocycles. The number of aryl methyl sites for hydroxylation is 1. The molecular formula is C16H14Br2O2. The molecule has 0 bridgehead atoms. The smallest absolute Gasteiger partial charge is 0.194 e. The van der Waals surface area contributed by atoms with Gasteiger partial charge in [0.1, 0.15) is 5.75 Å². The fourth-order valence-electron chi connectivity index (χ4n) is 1.88. The first kappa shape index (κ1) is 15.3. The number of halogens is 2. The van der Waals surface area contributed by atoms with Gasteiger partial charge in [-0.25, -0.2) is 0 Å². The molecule has 0 aliphatic carbocycles. The van der Waals surface area contributed by atoms with Gasteiger partial charge in [-0.15, -0.1) is 0 Å². The number of rotatable bonds is 4. The van der Waals surface area contributed by atoms with Gasteiger partial charge in [0.05, 0.1) is 6.61 Å². The third kappa shape index (κ3) is 3.30. The van der Waals surface area contributed by atoms with E-state index in [0.29, 0.717) is 17.7 Å². The summed E-state index contributed by atoms with van der Waals surface area (Å²) >= 11 is 6.88. The largest absolute Gasteiger partial charge is 0.494 e. The summed E-state index contributed by atoms with van der Waals surface area (Å²) in [6.45, 7) is 4.50. The van der Waals surface area contributed by atoms with E-state index < -0.39 is 0 Å². The molecule has 0 fully saturated rings. The average molecular weight is 398 g/mol. The lowest BCUT2D eigenvalue weighted by atomic mass is 10.0. The van der Waals surface area contributed by atoms with Crippen molar-refractivity contribution in [2.75, 3.05) is 6.61 Å². The number of benzene rings is 2. The Kier molecular flexibility index (Phi) is 5.00. The van der Waals surface area contributed by atoms with Crippen LogP contribution in [-0.4, -0.2) is 12.4 Å². The van der Waals surface area contributed by atoms with E-state index in [1.54, 1.807) is 6.07 Å². The van der Waals surface area contributed by atoms with Crippen molar-refractivity contribution in [2.45, 2.75) is 13.8 Å². The van der Waals surface area contributed by atoms with Crippen LogP contribution in [0.5, 0.6) is 5.75 Å². The topological polar surface area (TPSA) is 26.3 Å². The molecule has 2 rings (SSSR count). The Hall–Kier alpha value is -1.13. The summed E-state index contributed by atoms with van der Waals surface area (Å²) in [5.74, 6) is 0.749. The summed E-state index contributed by atoms with van der Waals surface area (Å²) in [5.41, 5.74) is 2.35. The highest BCUT2D eigenvalue weighted by Crippen LogP contribution is 2.26. The quantitative estimate of drug-likeness (QED) is 0.667. The average Bonchev–Trinajstić information content (AvgIpc) is 2.42. The number of hydrogen-bond acceptors (Lipinski definition) is 2. The second-order valence-electron chi connectivity index (χ2n) is 4.37. The van der Waals surface area contributed by atoms with Crippen molar-refractivity contribution < 1.29 is 9.53 Å². The van der Waals surface area contributed by atoms with E-state index in [-0.39, 0.29) is 5.78 Å². The molecule has 0 amide bonds. The second kappa shape index (κ2) is 6.55. The van der Waals surface area contributed by atoms with Gasteiger partial charge >= 0.3 is 0 Å². The molecule has 0 aromatic heterocycles. The van der Waals surface area contributed by atoms with Gasteiger partial charge in [0.2, 0.25) is 0 Å². The molecule has 20 heavy (non-hydrogen) atoms. The minimum absolute atomic E-state index is 0.00414. The lowest BCUT2D eigenvalue weighted by molar-refractivity contribution is 0.103. The van der Waals surface area contributed by atoms with Crippen LogP contribution in [0.1, 0.15) is 28.4 Å². The minimum Gasteiger partial charge on any atom is -0.494 e. The van der Waals surface area contributed by atoms with Crippen LogP contribution in [0.4, 0.5) is 0 Å². The third-order valence-corrected chi connectivity index (χ3v) is 4.46. The normalized spacial score (nSPS) is 10.4. The molecule has 0 radical (unpaired) electrons. The number of carbonyl (C=O) groups is 1. The van der Waals surface area contributed by atoms with Gasteiger partial charge in [-0.3, -0.25) is 4.79 Å². The van der Waals surface area contributed by atoms with Crippen LogP contribution in [-0.2, 0) is 0 Å². The van der Waals surface area contributed by atoms with Gasteiger partial charge in [-0.2, -0.15) is 0 Å². The lowest BCUT2D eigenvalue weighted by Crippen LogP contribution is -2.03. The van der Waals surface area contributed by atoms with Gasteiger partial charge < -0.3 is 4.74 Å². The monoisotopic (exact) mass is 396 g/mol. The van der Waals surface area contributed by atoms with Crippen LogP contribution < -0.4 is 4.74 Å². The zero-order valence-electron chi connectivity index (χ0n) is 11.2. The molecule has 0 unspecified atom stereocenters. The first-order valence-electron chi connectivity index (χ1n) is 6.26. The second-order valence-corrected chi connectivity index (χ2v) is 6.08. The Morgan fingerprint density at radius 2 is 1.85 bits per heavy atom. The van der Waals surface area contributed by atoms with Crippen LogP contribution in [0.2, 0.25) is 0 Å². The van der Waals surface area contributed by atoms with Gasteiger partial charge in [-0.05, 0) is 71.7 Å². The van der Waals surface area contributed by atoms with Crippen LogP contribution in [0, 0.1) is 6.92 Å². The predicted octanol–water partition coefficient (Wildman–Crippen LogP) is 5.15. The SMILES string of the molecule is CCOc1ccc(C(=O)c2ccc(Br)c(C)c2)c(Br)c1. The molecule has 2 aromatic carbocycles. The fourth-order valence-corrected chi connectivity index (χ4v) is 2.66. The van der Waals surface area contributed by atoms with Gasteiger partial charge in [-0.1, -0.05) is 15.9 Å². The molecule has 0 spiro atoms. The standard InChI is InChI=1S/C16H14Br2O2/c1-3-20-12-5-6-13(15(18)9-12)16(19)11-4-7-14(17)10(2)8-11/h4-9H,3H2,1-2H3. The molecule has 4 heteroatoms. The van der Waals surface area contributed by atoms with E-state index in [1.807, 2.05) is 44.2 Å². The number of ether oxygens (including phenoxy) is 1. The van der Waals surface area contributed by atoms with Gasteiger partial charge in [0.15, 0.2) is 5.78 Å². The predicted molar refractivity (Wildman–Crippen MR) is 87.6 cm³/mol. The van der Waals surface area contributed by atoms with Gasteiger partial charge in [0.25, 0.3) is 0 Å². The lowest BCUT2D eigenvalue weighted by Gasteiger charge is -2.08. The van der Waals surface area contributed by atoms with Gasteiger partial charge in [0, 0.05) is 20.1 Å². The van der Waals surface area contributed by atoms with Crippen LogP contribution in [0.3, 0.4) is 0 Å². The van der Waals surface area contributed by atoms with Crippen molar-refractivity contribution >= 4 is 37.6 Å². The van der Waals surface area contributed by atoms with Crippen molar-refractivity contribution in [1.29, 1.82) is 0 Å². The van der Waals surface area contributed by atoms with Crippen molar-refractivity contribution in [3.05, 3.63) is 62.0 Å². The molecule has 0 aliphatic rings. The minimum atomic E-state index is -0.00414. The molecule has 0 saturated heterocycles. The Morgan fingerprint density at radius 1 is 1.10 bits per heavy atom. The highest BCUT2D eigenvalue weighted by atomic mass is 79.9. The summed E-state index contributed by atoms with van der Waals surface area (Å²) in [6, 6.07) is 11.0. The summed E-state index contributed by atoms with van der Waals surface area (Å²) in [6.07, 6.45) is 0. The number of ketones is 1. The Balaban J connectivity index is 2.35. The molecule has 104 valence electrons. The van der Waals surface area contributed by atoms with E-state index >= 15 is 0 Å². The fraction of sp³-hybridized carbons (Fsp3) is 0.188. The number of hydrogen-bond donors (Lipinski definition) is 0.